The number of rotatable bonds is 14. The van der Waals surface area contributed by atoms with Gasteiger partial charge in [0.25, 0.3) is 0 Å². The van der Waals surface area contributed by atoms with Crippen LogP contribution in [-0.4, -0.2) is 47.5 Å². The van der Waals surface area contributed by atoms with Crippen molar-refractivity contribution in [2.75, 3.05) is 13.4 Å². The summed E-state index contributed by atoms with van der Waals surface area (Å²) in [4.78, 5) is 41.4. The number of benzene rings is 1. The van der Waals surface area contributed by atoms with E-state index in [9.17, 15) is 19.5 Å². The Hall–Kier alpha value is -3.77. The summed E-state index contributed by atoms with van der Waals surface area (Å²) in [6.07, 6.45) is 1.53. The lowest BCUT2D eigenvalue weighted by Crippen LogP contribution is -2.46. The number of carboxylic acid groups (broad SMARTS) is 1. The number of hydrogen-bond acceptors (Lipinski definition) is 8. The first kappa shape index (κ1) is 29.2. The zero-order chi connectivity index (χ0) is 28.3. The third kappa shape index (κ3) is 8.62. The highest BCUT2D eigenvalue weighted by Crippen LogP contribution is 2.34. The average Bonchev–Trinajstić information content (AvgIpc) is 3.72. The lowest BCUT2D eigenvalue weighted by Gasteiger charge is -2.25. The van der Waals surface area contributed by atoms with E-state index >= 15 is 0 Å². The minimum Gasteiger partial charge on any atom is -0.481 e. The minimum absolute atomic E-state index is 0.00868. The fourth-order valence-electron chi connectivity index (χ4n) is 4.22. The van der Waals surface area contributed by atoms with Crippen LogP contribution in [0.2, 0.25) is 0 Å². The molecule has 40 heavy (non-hydrogen) atoms. The predicted octanol–water partition coefficient (Wildman–Crippen LogP) is 5.75. The van der Waals surface area contributed by atoms with Gasteiger partial charge in [-0.1, -0.05) is 38.0 Å². The van der Waals surface area contributed by atoms with Crippen molar-refractivity contribution >= 4 is 40.8 Å². The Balaban J connectivity index is 1.38. The molecule has 12 heteroatoms. The first-order valence-electron chi connectivity index (χ1n) is 13.1. The van der Waals surface area contributed by atoms with Crippen molar-refractivity contribution in [3.05, 3.63) is 68.5 Å². The van der Waals surface area contributed by atoms with Gasteiger partial charge in [-0.25, -0.2) is 9.59 Å². The molecule has 0 bridgehead atoms. The monoisotopic (exact) mass is 587 g/mol. The van der Waals surface area contributed by atoms with E-state index < -0.39 is 30.2 Å². The predicted molar refractivity (Wildman–Crippen MR) is 152 cm³/mol. The number of carbonyl (C=O) groups excluding carboxylic acids is 2. The zero-order valence-electron chi connectivity index (χ0n) is 22.2. The molecular formula is C28H33N3O7S2. The second-order valence-electron chi connectivity index (χ2n) is 9.31. The summed E-state index contributed by atoms with van der Waals surface area (Å²) in [5.74, 6) is 0.00408. The van der Waals surface area contributed by atoms with Gasteiger partial charge < -0.3 is 30.0 Å². The number of aliphatic carboxylic acids is 1. The molecule has 3 N–H and O–H groups in total. The first-order valence-corrected chi connectivity index (χ1v) is 14.8. The fourth-order valence-corrected chi connectivity index (χ4v) is 5.66. The number of urea groups is 1. The van der Waals surface area contributed by atoms with Crippen molar-refractivity contribution in [2.45, 2.75) is 57.8 Å². The van der Waals surface area contributed by atoms with E-state index in [1.165, 1.54) is 0 Å². The van der Waals surface area contributed by atoms with Crippen molar-refractivity contribution in [1.29, 1.82) is 0 Å². The highest BCUT2D eigenvalue weighted by atomic mass is 32.1. The van der Waals surface area contributed by atoms with Gasteiger partial charge in [0.15, 0.2) is 11.5 Å². The topological polar surface area (TPSA) is 126 Å². The lowest BCUT2D eigenvalue weighted by atomic mass is 10.0. The highest BCUT2D eigenvalue weighted by Gasteiger charge is 2.24. The van der Waals surface area contributed by atoms with Crippen LogP contribution in [0.1, 0.15) is 54.0 Å². The molecule has 10 nitrogen and oxygen atoms in total. The number of carboxylic acids is 1. The third-order valence-corrected chi connectivity index (χ3v) is 7.97. The molecule has 0 saturated heterocycles. The summed E-state index contributed by atoms with van der Waals surface area (Å²) in [7, 11) is 0. The summed E-state index contributed by atoms with van der Waals surface area (Å²) < 4.78 is 16.4. The molecule has 0 spiro atoms. The number of ether oxygens (including phenoxy) is 3. The molecule has 0 fully saturated rings. The summed E-state index contributed by atoms with van der Waals surface area (Å²) >= 11 is 3.14. The fraction of sp³-hybridized carbons (Fsp3) is 0.393. The van der Waals surface area contributed by atoms with Gasteiger partial charge in [-0.2, -0.15) is 0 Å². The standard InChI is InChI=1S/C28H33N3O7S2/c1-2-3-6-20(17-36-28(35)31(15-21-7-4-11-39-21)16-22-8-5-12-40-22)29-27(34)30-23(14-26(32)33)19-9-10-24-25(13-19)38-18-37-24/h4-5,7-13,20,23H,2-3,6,14-18H2,1H3,(H,32,33)(H2,29,30,34)/t20-,23-/m1/s1. The van der Waals surface area contributed by atoms with E-state index in [4.69, 9.17) is 14.2 Å². The molecule has 0 aliphatic carbocycles. The molecule has 2 atom stereocenters. The van der Waals surface area contributed by atoms with Crippen LogP contribution >= 0.6 is 22.7 Å². The van der Waals surface area contributed by atoms with Gasteiger partial charge in [-0.3, -0.25) is 9.69 Å². The molecular weight excluding hydrogens is 554 g/mol. The van der Waals surface area contributed by atoms with E-state index in [0.717, 1.165) is 22.6 Å². The number of hydrogen-bond donors (Lipinski definition) is 3. The molecule has 3 aromatic rings. The van der Waals surface area contributed by atoms with Crippen molar-refractivity contribution in [3.63, 3.8) is 0 Å². The van der Waals surface area contributed by atoms with Crippen LogP contribution in [0.3, 0.4) is 0 Å². The smallest absolute Gasteiger partial charge is 0.410 e. The van der Waals surface area contributed by atoms with Gasteiger partial charge in [0.1, 0.15) is 6.61 Å². The van der Waals surface area contributed by atoms with E-state index in [2.05, 4.69) is 10.6 Å². The maximum absolute atomic E-state index is 13.1. The molecule has 4 rings (SSSR count). The van der Waals surface area contributed by atoms with E-state index in [0.29, 0.717) is 36.6 Å². The first-order chi connectivity index (χ1) is 19.4. The van der Waals surface area contributed by atoms with Crippen LogP contribution in [0.25, 0.3) is 0 Å². The molecule has 0 unspecified atom stereocenters. The molecule has 2 aromatic heterocycles. The number of amides is 3. The molecule has 1 aliphatic heterocycles. The highest BCUT2D eigenvalue weighted by molar-refractivity contribution is 7.10. The van der Waals surface area contributed by atoms with Crippen LogP contribution in [0.4, 0.5) is 9.59 Å². The summed E-state index contributed by atoms with van der Waals surface area (Å²) in [6.45, 7) is 2.97. The molecule has 0 saturated carbocycles. The van der Waals surface area contributed by atoms with Crippen molar-refractivity contribution in [1.82, 2.24) is 15.5 Å². The maximum atomic E-state index is 13.1. The van der Waals surface area contributed by atoms with Gasteiger partial charge in [-0.05, 0) is 47.0 Å². The van der Waals surface area contributed by atoms with Crippen LogP contribution in [0.5, 0.6) is 11.5 Å². The van der Waals surface area contributed by atoms with Crippen LogP contribution in [-0.2, 0) is 22.6 Å². The largest absolute Gasteiger partial charge is 0.481 e. The number of unbranched alkanes of at least 4 members (excludes halogenated alkanes) is 1. The summed E-state index contributed by atoms with van der Waals surface area (Å²) in [5, 5.41) is 19.0. The maximum Gasteiger partial charge on any atom is 0.410 e. The molecule has 0 radical (unpaired) electrons. The average molecular weight is 588 g/mol. The lowest BCUT2D eigenvalue weighted by molar-refractivity contribution is -0.137. The van der Waals surface area contributed by atoms with Crippen molar-refractivity contribution in [2.24, 2.45) is 0 Å². The number of nitrogens with zero attached hydrogens (tertiary/aromatic N) is 1. The minimum atomic E-state index is -1.06. The Morgan fingerprint density at radius 2 is 1.73 bits per heavy atom. The number of thiophene rings is 2. The van der Waals surface area contributed by atoms with Gasteiger partial charge in [-0.15, -0.1) is 22.7 Å². The van der Waals surface area contributed by atoms with E-state index in [-0.39, 0.29) is 19.8 Å². The second kappa shape index (κ2) is 14.6. The van der Waals surface area contributed by atoms with Crippen LogP contribution < -0.4 is 20.1 Å². The van der Waals surface area contributed by atoms with Crippen LogP contribution in [0, 0.1) is 0 Å². The van der Waals surface area contributed by atoms with E-state index in [1.807, 2.05) is 41.9 Å². The van der Waals surface area contributed by atoms with Gasteiger partial charge in [0.05, 0.1) is 31.6 Å². The molecule has 1 aliphatic rings. The zero-order valence-corrected chi connectivity index (χ0v) is 23.8. The number of nitrogens with one attached hydrogen (secondary N) is 2. The molecule has 214 valence electrons. The molecule has 3 heterocycles. The summed E-state index contributed by atoms with van der Waals surface area (Å²) in [5.41, 5.74) is 0.580. The van der Waals surface area contributed by atoms with Gasteiger partial charge >= 0.3 is 18.1 Å². The van der Waals surface area contributed by atoms with E-state index in [1.54, 1.807) is 45.8 Å². The normalized spacial score (nSPS) is 13.3. The van der Waals surface area contributed by atoms with Gasteiger partial charge in [0, 0.05) is 9.75 Å². The number of carbonyl (C=O) groups is 3. The quantitative estimate of drug-likeness (QED) is 0.219. The van der Waals surface area contributed by atoms with Crippen molar-refractivity contribution in [3.8, 4) is 11.5 Å². The third-order valence-electron chi connectivity index (χ3n) is 6.24. The SMILES string of the molecule is CCCC[C@H](COC(=O)N(Cc1cccs1)Cc1cccs1)NC(=O)N[C@H](CC(=O)O)c1ccc2c(c1)OCO2. The Morgan fingerprint density at radius 3 is 2.35 bits per heavy atom. The Labute approximate surface area is 240 Å². The van der Waals surface area contributed by atoms with Crippen molar-refractivity contribution < 1.29 is 33.7 Å². The number of fused-ring (bicyclic) bond motifs is 1. The Morgan fingerprint density at radius 1 is 1.02 bits per heavy atom. The second-order valence-corrected chi connectivity index (χ2v) is 11.4. The summed E-state index contributed by atoms with van der Waals surface area (Å²) in [6, 6.07) is 11.1. The Kier molecular flexibility index (Phi) is 10.6. The molecule has 3 amide bonds. The van der Waals surface area contributed by atoms with Gasteiger partial charge in [0.2, 0.25) is 6.79 Å². The van der Waals surface area contributed by atoms with Crippen LogP contribution in [0.15, 0.2) is 53.2 Å². The molecule has 1 aromatic carbocycles. The Bertz CT molecular complexity index is 1210.